The van der Waals surface area contributed by atoms with Crippen LogP contribution in [0.25, 0.3) is 47.7 Å². The highest BCUT2D eigenvalue weighted by molar-refractivity contribution is 7.26. The standard InChI is InChI=1S/C48H51NS/c1-3-13-33-31(11-1)37-18-10-19-38-32-12-2-4-14-34(32)42-26-28(25-41(33)47(42)46(37)38)30-17-9-20-39-40-27-29(23-24-45(40)50-48(30)39)49-43-21-7-5-15-35(43)36-16-6-8-22-44(36)49/h5-9,15-17,20-24,27-28,31-34,37-38,41-42,46-47H,1-4,10-14,18-19,25-26H2. The fourth-order valence-corrected chi connectivity index (χ4v) is 16.2. The van der Waals surface area contributed by atoms with Crippen LogP contribution in [-0.2, 0) is 0 Å². The van der Waals surface area contributed by atoms with Crippen molar-refractivity contribution < 1.29 is 0 Å². The number of hydrogen-bond acceptors (Lipinski definition) is 1. The highest BCUT2D eigenvalue weighted by Crippen LogP contribution is 2.70. The first-order chi connectivity index (χ1) is 24.8. The summed E-state index contributed by atoms with van der Waals surface area (Å²) in [5.41, 5.74) is 5.60. The third-order valence-corrected chi connectivity index (χ3v) is 17.6. The minimum absolute atomic E-state index is 0.733. The van der Waals surface area contributed by atoms with E-state index in [9.17, 15) is 0 Å². The van der Waals surface area contributed by atoms with Gasteiger partial charge in [-0.2, -0.15) is 0 Å². The van der Waals surface area contributed by atoms with Crippen molar-refractivity contribution in [2.24, 2.45) is 59.2 Å². The van der Waals surface area contributed by atoms with Crippen molar-refractivity contribution in [3.8, 4) is 5.69 Å². The third kappa shape index (κ3) is 4.07. The van der Waals surface area contributed by atoms with Gasteiger partial charge in [-0.05, 0) is 152 Å². The van der Waals surface area contributed by atoms with Gasteiger partial charge in [0.25, 0.3) is 0 Å². The van der Waals surface area contributed by atoms with Crippen LogP contribution in [0.4, 0.5) is 0 Å². The molecule has 12 rings (SSSR count). The van der Waals surface area contributed by atoms with Crippen molar-refractivity contribution in [2.75, 3.05) is 0 Å². The van der Waals surface area contributed by atoms with Gasteiger partial charge in [0.2, 0.25) is 0 Å². The number of para-hydroxylation sites is 2. The average Bonchev–Trinajstić information content (AvgIpc) is 3.73. The van der Waals surface area contributed by atoms with E-state index in [0.717, 1.165) is 65.1 Å². The van der Waals surface area contributed by atoms with Gasteiger partial charge in [-0.25, -0.2) is 0 Å². The quantitative estimate of drug-likeness (QED) is 0.172. The molecular weight excluding hydrogens is 623 g/mol. The van der Waals surface area contributed by atoms with Gasteiger partial charge in [0.15, 0.2) is 0 Å². The maximum atomic E-state index is 2.59. The van der Waals surface area contributed by atoms with Gasteiger partial charge in [-0.1, -0.05) is 86.7 Å². The first-order valence-corrected chi connectivity index (χ1v) is 21.6. The molecule has 0 spiro atoms. The Morgan fingerprint density at radius 1 is 0.460 bits per heavy atom. The van der Waals surface area contributed by atoms with Crippen molar-refractivity contribution >= 4 is 53.3 Å². The zero-order valence-corrected chi connectivity index (χ0v) is 30.3. The van der Waals surface area contributed by atoms with Crippen molar-refractivity contribution in [1.82, 2.24) is 4.57 Å². The summed E-state index contributed by atoms with van der Waals surface area (Å²) in [6.07, 6.45) is 19.9. The van der Waals surface area contributed by atoms with E-state index in [2.05, 4.69) is 101 Å². The maximum absolute atomic E-state index is 2.59. The van der Waals surface area contributed by atoms with Gasteiger partial charge in [-0.3, -0.25) is 0 Å². The molecule has 0 amide bonds. The summed E-state index contributed by atoms with van der Waals surface area (Å²) in [7, 11) is 0. The summed E-state index contributed by atoms with van der Waals surface area (Å²) in [6.45, 7) is 0. The summed E-state index contributed by atoms with van der Waals surface area (Å²) < 4.78 is 5.55. The van der Waals surface area contributed by atoms with Crippen LogP contribution in [0.15, 0.2) is 84.9 Å². The number of benzene rings is 4. The highest BCUT2D eigenvalue weighted by Gasteiger charge is 2.63. The van der Waals surface area contributed by atoms with E-state index in [-0.39, 0.29) is 0 Å². The summed E-state index contributed by atoms with van der Waals surface area (Å²) in [6, 6.07) is 32.7. The summed E-state index contributed by atoms with van der Waals surface area (Å²) in [5.74, 6) is 11.2. The number of rotatable bonds is 2. The number of thiophene rings is 1. The molecule has 6 aliphatic rings. The second-order valence-electron chi connectivity index (χ2n) is 18.0. The molecule has 2 heteroatoms. The summed E-state index contributed by atoms with van der Waals surface area (Å²) >= 11 is 2.10. The highest BCUT2D eigenvalue weighted by atomic mass is 32.1. The first-order valence-electron chi connectivity index (χ1n) is 20.8. The predicted octanol–water partition coefficient (Wildman–Crippen LogP) is 13.6. The van der Waals surface area contributed by atoms with Gasteiger partial charge in [0.1, 0.15) is 0 Å². The fourth-order valence-electron chi connectivity index (χ4n) is 15.0. The van der Waals surface area contributed by atoms with Gasteiger partial charge in [0, 0.05) is 36.6 Å². The van der Waals surface area contributed by atoms with Gasteiger partial charge < -0.3 is 4.57 Å². The Balaban J connectivity index is 0.983. The number of nitrogens with zero attached hydrogens (tertiary/aromatic N) is 1. The van der Waals surface area contributed by atoms with Crippen LogP contribution >= 0.6 is 11.3 Å². The van der Waals surface area contributed by atoms with Crippen LogP contribution in [0.3, 0.4) is 0 Å². The van der Waals surface area contributed by atoms with E-state index >= 15 is 0 Å². The minimum Gasteiger partial charge on any atom is -0.309 e. The second-order valence-corrected chi connectivity index (χ2v) is 19.1. The molecule has 2 heterocycles. The monoisotopic (exact) mass is 673 g/mol. The number of aromatic nitrogens is 1. The van der Waals surface area contributed by atoms with Crippen LogP contribution < -0.4 is 0 Å². The molecule has 8 atom stereocenters. The zero-order chi connectivity index (χ0) is 32.5. The van der Waals surface area contributed by atoms with Crippen LogP contribution in [0, 0.1) is 59.2 Å². The zero-order valence-electron chi connectivity index (χ0n) is 29.5. The van der Waals surface area contributed by atoms with Crippen molar-refractivity contribution in [3.63, 3.8) is 0 Å². The molecule has 50 heavy (non-hydrogen) atoms. The van der Waals surface area contributed by atoms with E-state index in [1.165, 1.54) is 81.5 Å². The average molecular weight is 674 g/mol. The lowest BCUT2D eigenvalue weighted by Gasteiger charge is -2.68. The Labute approximate surface area is 301 Å². The Morgan fingerprint density at radius 2 is 1.00 bits per heavy atom. The van der Waals surface area contributed by atoms with Crippen molar-refractivity contribution in [1.29, 1.82) is 0 Å². The molecule has 0 radical (unpaired) electrons. The molecule has 4 aromatic carbocycles. The minimum atomic E-state index is 0.733. The lowest BCUT2D eigenvalue weighted by Crippen LogP contribution is -2.61. The molecule has 1 nitrogen and oxygen atoms in total. The summed E-state index contributed by atoms with van der Waals surface area (Å²) in [4.78, 5) is 0. The molecule has 8 unspecified atom stereocenters. The third-order valence-electron chi connectivity index (χ3n) is 16.3. The van der Waals surface area contributed by atoms with Crippen molar-refractivity contribution in [3.05, 3.63) is 90.5 Å². The lowest BCUT2D eigenvalue weighted by atomic mass is 9.37. The molecule has 6 aliphatic carbocycles. The largest absolute Gasteiger partial charge is 0.309 e. The topological polar surface area (TPSA) is 4.93 Å². The van der Waals surface area contributed by atoms with E-state index in [4.69, 9.17) is 0 Å². The second kappa shape index (κ2) is 11.2. The van der Waals surface area contributed by atoms with Crippen molar-refractivity contribution in [2.45, 2.75) is 89.4 Å². The smallest absolute Gasteiger partial charge is 0.0541 e. The predicted molar refractivity (Wildman–Crippen MR) is 211 cm³/mol. The lowest BCUT2D eigenvalue weighted by molar-refractivity contribution is -0.189. The van der Waals surface area contributed by atoms with Gasteiger partial charge >= 0.3 is 0 Å². The van der Waals surface area contributed by atoms with Crippen LogP contribution in [0.2, 0.25) is 0 Å². The molecular formula is C48H51NS. The summed E-state index contributed by atoms with van der Waals surface area (Å²) in [5, 5.41) is 5.63. The van der Waals surface area contributed by atoms with E-state index in [1.807, 2.05) is 0 Å². The van der Waals surface area contributed by atoms with E-state index in [1.54, 1.807) is 55.2 Å². The Hall–Kier alpha value is -3.10. The Bertz CT molecular complexity index is 2180. The molecule has 6 saturated carbocycles. The maximum Gasteiger partial charge on any atom is 0.0541 e. The molecule has 0 aliphatic heterocycles. The van der Waals surface area contributed by atoms with E-state index in [0.29, 0.717) is 0 Å². The number of hydrogen-bond donors (Lipinski definition) is 0. The molecule has 2 aromatic heterocycles. The molecule has 6 fully saturated rings. The van der Waals surface area contributed by atoms with E-state index < -0.39 is 0 Å². The Morgan fingerprint density at radius 3 is 1.64 bits per heavy atom. The van der Waals surface area contributed by atoms with Crippen LogP contribution in [0.1, 0.15) is 95.0 Å². The molecule has 0 saturated heterocycles. The fraction of sp³-hybridized carbons (Fsp3) is 0.500. The Kier molecular flexibility index (Phi) is 6.60. The van der Waals surface area contributed by atoms with Gasteiger partial charge in [0.05, 0.1) is 11.0 Å². The molecule has 0 N–H and O–H groups in total. The first kappa shape index (κ1) is 29.5. The van der Waals surface area contributed by atoms with Gasteiger partial charge in [-0.15, -0.1) is 11.3 Å². The van der Waals surface area contributed by atoms with Crippen LogP contribution in [-0.4, -0.2) is 4.57 Å². The molecule has 0 bridgehead atoms. The van der Waals surface area contributed by atoms with Crippen LogP contribution in [0.5, 0.6) is 0 Å². The SMILES string of the molecule is c1cc(C2CC3C4CCCCC4C4CCCC5C6CCCCC6C(C2)C3C45)c2sc3ccc(-n4c5ccccc5c5ccccc54)cc3c2c1. The molecule has 6 aromatic rings. The normalized spacial score (nSPS) is 36.4. The number of fused-ring (bicyclic) bond motifs is 12. The molecule has 254 valence electrons.